The quantitative estimate of drug-likeness (QED) is 0.776. The Morgan fingerprint density at radius 3 is 2.50 bits per heavy atom. The molecule has 124 valence electrons. The van der Waals surface area contributed by atoms with E-state index in [-0.39, 0.29) is 24.5 Å². The molecule has 0 heterocycles. The SMILES string of the molecule is Cc1cc(OCC(=O)NCC(C)CC(C)O)ccc1C(C)C. The summed E-state index contributed by atoms with van der Waals surface area (Å²) in [5.74, 6) is 1.31. The summed E-state index contributed by atoms with van der Waals surface area (Å²) in [5, 5.41) is 12.1. The Morgan fingerprint density at radius 2 is 1.95 bits per heavy atom. The molecule has 0 aliphatic heterocycles. The Labute approximate surface area is 133 Å². The smallest absolute Gasteiger partial charge is 0.257 e. The number of nitrogens with one attached hydrogen (secondary N) is 1. The number of aliphatic hydroxyl groups excluding tert-OH is 1. The van der Waals surface area contributed by atoms with E-state index in [1.165, 1.54) is 11.1 Å². The fourth-order valence-electron chi connectivity index (χ4n) is 2.54. The lowest BCUT2D eigenvalue weighted by Crippen LogP contribution is -2.33. The molecule has 0 radical (unpaired) electrons. The minimum Gasteiger partial charge on any atom is -0.484 e. The molecule has 0 bridgehead atoms. The van der Waals surface area contributed by atoms with Crippen molar-refractivity contribution in [1.82, 2.24) is 5.32 Å². The number of hydrogen-bond acceptors (Lipinski definition) is 3. The molecule has 1 amide bonds. The van der Waals surface area contributed by atoms with E-state index >= 15 is 0 Å². The van der Waals surface area contributed by atoms with Crippen LogP contribution in [0.4, 0.5) is 0 Å². The van der Waals surface area contributed by atoms with E-state index in [0.29, 0.717) is 24.6 Å². The van der Waals surface area contributed by atoms with Crippen LogP contribution in [-0.4, -0.2) is 30.3 Å². The van der Waals surface area contributed by atoms with Crippen molar-refractivity contribution in [3.8, 4) is 5.75 Å². The van der Waals surface area contributed by atoms with Gasteiger partial charge in [-0.3, -0.25) is 4.79 Å². The van der Waals surface area contributed by atoms with Crippen LogP contribution in [0.3, 0.4) is 0 Å². The summed E-state index contributed by atoms with van der Waals surface area (Å²) in [5.41, 5.74) is 2.47. The lowest BCUT2D eigenvalue weighted by molar-refractivity contribution is -0.123. The van der Waals surface area contributed by atoms with Gasteiger partial charge in [0.2, 0.25) is 0 Å². The van der Waals surface area contributed by atoms with Crippen molar-refractivity contribution in [2.75, 3.05) is 13.2 Å². The molecule has 0 saturated carbocycles. The number of benzene rings is 1. The molecule has 0 saturated heterocycles. The van der Waals surface area contributed by atoms with E-state index in [9.17, 15) is 9.90 Å². The standard InChI is InChI=1S/C18H29NO3/c1-12(2)17-7-6-16(9-14(17)4)22-11-18(21)19-10-13(3)8-15(5)20/h6-7,9,12-13,15,20H,8,10-11H2,1-5H3,(H,19,21). The molecule has 1 aromatic rings. The van der Waals surface area contributed by atoms with Gasteiger partial charge in [-0.25, -0.2) is 0 Å². The third kappa shape index (κ3) is 6.48. The molecule has 0 spiro atoms. The molecule has 22 heavy (non-hydrogen) atoms. The minimum absolute atomic E-state index is 0.0157. The first kappa shape index (κ1) is 18.5. The van der Waals surface area contributed by atoms with Gasteiger partial charge in [0.1, 0.15) is 5.75 Å². The fraction of sp³-hybridized carbons (Fsp3) is 0.611. The predicted molar refractivity (Wildman–Crippen MR) is 89.2 cm³/mol. The van der Waals surface area contributed by atoms with Crippen LogP contribution >= 0.6 is 0 Å². The lowest BCUT2D eigenvalue weighted by atomic mass is 9.98. The van der Waals surface area contributed by atoms with Gasteiger partial charge < -0.3 is 15.2 Å². The van der Waals surface area contributed by atoms with E-state index in [4.69, 9.17) is 4.74 Å². The van der Waals surface area contributed by atoms with Gasteiger partial charge in [0, 0.05) is 6.54 Å². The zero-order valence-electron chi connectivity index (χ0n) is 14.3. The van der Waals surface area contributed by atoms with Gasteiger partial charge in [-0.05, 0) is 55.4 Å². The summed E-state index contributed by atoms with van der Waals surface area (Å²) in [6.07, 6.45) is 0.336. The number of amides is 1. The number of rotatable bonds is 8. The van der Waals surface area contributed by atoms with Crippen LogP contribution in [0.2, 0.25) is 0 Å². The fourth-order valence-corrected chi connectivity index (χ4v) is 2.54. The molecule has 4 heteroatoms. The highest BCUT2D eigenvalue weighted by molar-refractivity contribution is 5.77. The van der Waals surface area contributed by atoms with Gasteiger partial charge in [0.25, 0.3) is 5.91 Å². The summed E-state index contributed by atoms with van der Waals surface area (Å²) in [4.78, 5) is 11.8. The summed E-state index contributed by atoms with van der Waals surface area (Å²) in [7, 11) is 0. The highest BCUT2D eigenvalue weighted by Crippen LogP contribution is 2.23. The van der Waals surface area contributed by atoms with Crippen LogP contribution < -0.4 is 10.1 Å². The van der Waals surface area contributed by atoms with Crippen molar-refractivity contribution in [1.29, 1.82) is 0 Å². The molecule has 0 fully saturated rings. The Balaban J connectivity index is 2.39. The number of aryl methyl sites for hydroxylation is 1. The minimum atomic E-state index is -0.342. The zero-order chi connectivity index (χ0) is 16.7. The van der Waals surface area contributed by atoms with Gasteiger partial charge in [-0.15, -0.1) is 0 Å². The summed E-state index contributed by atoms with van der Waals surface area (Å²) >= 11 is 0. The van der Waals surface area contributed by atoms with Gasteiger partial charge in [-0.1, -0.05) is 26.8 Å². The van der Waals surface area contributed by atoms with Crippen molar-refractivity contribution in [3.63, 3.8) is 0 Å². The predicted octanol–water partition coefficient (Wildman–Crippen LogP) is 3.02. The van der Waals surface area contributed by atoms with Crippen molar-refractivity contribution in [2.45, 2.75) is 53.1 Å². The van der Waals surface area contributed by atoms with Crippen LogP contribution in [0.1, 0.15) is 51.2 Å². The maximum absolute atomic E-state index is 11.8. The monoisotopic (exact) mass is 307 g/mol. The second kappa shape index (κ2) is 8.79. The topological polar surface area (TPSA) is 58.6 Å². The third-order valence-electron chi connectivity index (χ3n) is 3.62. The molecule has 2 N–H and O–H groups in total. The van der Waals surface area contributed by atoms with Crippen molar-refractivity contribution < 1.29 is 14.6 Å². The molecule has 0 aromatic heterocycles. The average molecular weight is 307 g/mol. The Kier molecular flexibility index (Phi) is 7.39. The zero-order valence-corrected chi connectivity index (χ0v) is 14.3. The molecule has 2 unspecified atom stereocenters. The van der Waals surface area contributed by atoms with Gasteiger partial charge in [0.05, 0.1) is 6.10 Å². The Morgan fingerprint density at radius 1 is 1.27 bits per heavy atom. The number of aliphatic hydroxyl groups is 1. The highest BCUT2D eigenvalue weighted by atomic mass is 16.5. The largest absolute Gasteiger partial charge is 0.484 e. The van der Waals surface area contributed by atoms with E-state index in [1.807, 2.05) is 19.1 Å². The Hall–Kier alpha value is -1.55. The van der Waals surface area contributed by atoms with E-state index in [1.54, 1.807) is 6.92 Å². The molecule has 2 atom stereocenters. The van der Waals surface area contributed by atoms with Crippen LogP contribution in [0, 0.1) is 12.8 Å². The molecule has 4 nitrogen and oxygen atoms in total. The molecule has 1 rings (SSSR count). The second-order valence-electron chi connectivity index (χ2n) is 6.46. The van der Waals surface area contributed by atoms with E-state index < -0.39 is 0 Å². The second-order valence-corrected chi connectivity index (χ2v) is 6.46. The average Bonchev–Trinajstić information content (AvgIpc) is 2.41. The normalized spacial score (nSPS) is 13.8. The van der Waals surface area contributed by atoms with Crippen molar-refractivity contribution in [3.05, 3.63) is 29.3 Å². The molecule has 0 aliphatic carbocycles. The first-order valence-corrected chi connectivity index (χ1v) is 7.97. The van der Waals surface area contributed by atoms with Crippen LogP contribution in [0.25, 0.3) is 0 Å². The molecule has 0 aliphatic rings. The first-order valence-electron chi connectivity index (χ1n) is 7.97. The van der Waals surface area contributed by atoms with Crippen LogP contribution in [0.15, 0.2) is 18.2 Å². The number of carbonyl (C=O) groups excluding carboxylic acids is 1. The number of ether oxygens (including phenoxy) is 1. The van der Waals surface area contributed by atoms with Crippen molar-refractivity contribution in [2.24, 2.45) is 5.92 Å². The van der Waals surface area contributed by atoms with Crippen molar-refractivity contribution >= 4 is 5.91 Å². The van der Waals surface area contributed by atoms with Gasteiger partial charge >= 0.3 is 0 Å². The van der Waals surface area contributed by atoms with Gasteiger partial charge in [0.15, 0.2) is 6.61 Å². The number of hydrogen-bond donors (Lipinski definition) is 2. The molecular formula is C18H29NO3. The third-order valence-corrected chi connectivity index (χ3v) is 3.62. The molecule has 1 aromatic carbocycles. The van der Waals surface area contributed by atoms with Gasteiger partial charge in [-0.2, -0.15) is 0 Å². The summed E-state index contributed by atoms with van der Waals surface area (Å²) < 4.78 is 5.54. The van der Waals surface area contributed by atoms with E-state index in [0.717, 1.165) is 0 Å². The van der Waals surface area contributed by atoms with E-state index in [2.05, 4.69) is 32.2 Å². The maximum atomic E-state index is 11.8. The lowest BCUT2D eigenvalue weighted by Gasteiger charge is -2.15. The Bertz CT molecular complexity index is 483. The molecular weight excluding hydrogens is 278 g/mol. The van der Waals surface area contributed by atoms with Crippen LogP contribution in [-0.2, 0) is 4.79 Å². The number of carbonyl (C=O) groups is 1. The summed E-state index contributed by atoms with van der Waals surface area (Å²) in [6, 6.07) is 5.93. The maximum Gasteiger partial charge on any atom is 0.257 e. The first-order chi connectivity index (χ1) is 10.3. The summed E-state index contributed by atoms with van der Waals surface area (Å²) in [6.45, 7) is 10.7. The highest BCUT2D eigenvalue weighted by Gasteiger charge is 2.09. The van der Waals surface area contributed by atoms with Crippen LogP contribution in [0.5, 0.6) is 5.75 Å².